The lowest BCUT2D eigenvalue weighted by Gasteiger charge is -2.38. The van der Waals surface area contributed by atoms with Crippen molar-refractivity contribution in [3.63, 3.8) is 0 Å². The van der Waals surface area contributed by atoms with Crippen molar-refractivity contribution < 1.29 is 33.0 Å². The number of likely N-dealkylation sites (tertiary alicyclic amines) is 1. The van der Waals surface area contributed by atoms with E-state index in [4.69, 9.17) is 18.6 Å². The number of methoxy groups -OCH3 is 1. The average molecular weight is 549 g/mol. The highest BCUT2D eigenvalue weighted by molar-refractivity contribution is 5.91. The van der Waals surface area contributed by atoms with Gasteiger partial charge in [0.2, 0.25) is 17.6 Å². The van der Waals surface area contributed by atoms with Crippen LogP contribution in [0.5, 0.6) is 17.2 Å². The third-order valence-corrected chi connectivity index (χ3v) is 7.09. The van der Waals surface area contributed by atoms with Gasteiger partial charge in [0, 0.05) is 26.6 Å². The van der Waals surface area contributed by atoms with Crippen LogP contribution in [0, 0.1) is 0 Å². The van der Waals surface area contributed by atoms with Gasteiger partial charge in [0.25, 0.3) is 5.91 Å². The first-order valence-corrected chi connectivity index (χ1v) is 13.2. The molecule has 0 spiro atoms. The van der Waals surface area contributed by atoms with Gasteiger partial charge >= 0.3 is 0 Å². The Morgan fingerprint density at radius 3 is 2.80 bits per heavy atom. The molecular formula is C29H32N4O7. The van der Waals surface area contributed by atoms with Crippen LogP contribution in [0.3, 0.4) is 0 Å². The number of piperidine rings is 1. The van der Waals surface area contributed by atoms with Gasteiger partial charge in [-0.25, -0.2) is 4.98 Å². The van der Waals surface area contributed by atoms with Gasteiger partial charge in [-0.15, -0.1) is 0 Å². The second-order valence-electron chi connectivity index (χ2n) is 9.91. The Kier molecular flexibility index (Phi) is 8.30. The van der Waals surface area contributed by atoms with Gasteiger partial charge in [-0.2, -0.15) is 0 Å². The lowest BCUT2D eigenvalue weighted by atomic mass is 10.0. The van der Waals surface area contributed by atoms with E-state index in [1.807, 2.05) is 42.5 Å². The van der Waals surface area contributed by atoms with E-state index in [2.05, 4.69) is 10.3 Å². The molecule has 11 nitrogen and oxygen atoms in total. The van der Waals surface area contributed by atoms with E-state index >= 15 is 0 Å². The molecule has 2 atom stereocenters. The number of nitrogens with zero attached hydrogens (tertiary/aromatic N) is 3. The monoisotopic (exact) mass is 548 g/mol. The molecule has 1 saturated heterocycles. The van der Waals surface area contributed by atoms with Crippen LogP contribution in [0.1, 0.15) is 34.5 Å². The molecule has 3 aromatic rings. The van der Waals surface area contributed by atoms with Gasteiger partial charge in [-0.1, -0.05) is 18.2 Å². The summed E-state index contributed by atoms with van der Waals surface area (Å²) in [5.41, 5.74) is 1.78. The maximum atomic E-state index is 13.0. The van der Waals surface area contributed by atoms with Crippen LogP contribution in [-0.2, 0) is 27.4 Å². The molecule has 1 fully saturated rings. The highest BCUT2D eigenvalue weighted by Gasteiger charge is 2.34. The number of aryl methyl sites for hydroxylation is 1. The fraction of sp³-hybridized carbons (Fsp3) is 0.379. The minimum atomic E-state index is -0.496. The minimum Gasteiger partial charge on any atom is -0.493 e. The number of rotatable bonds is 2. The van der Waals surface area contributed by atoms with Gasteiger partial charge in [0.15, 0.2) is 17.9 Å². The Balaban J connectivity index is 1.40. The van der Waals surface area contributed by atoms with Crippen molar-refractivity contribution in [1.29, 1.82) is 0 Å². The summed E-state index contributed by atoms with van der Waals surface area (Å²) >= 11 is 0. The topological polar surface area (TPSA) is 123 Å². The predicted octanol–water partition coefficient (Wildman–Crippen LogP) is 2.80. The summed E-state index contributed by atoms with van der Waals surface area (Å²) in [7, 11) is 3.18. The summed E-state index contributed by atoms with van der Waals surface area (Å²) < 4.78 is 23.2. The van der Waals surface area contributed by atoms with Crippen LogP contribution in [0.15, 0.2) is 59.5 Å². The van der Waals surface area contributed by atoms with E-state index in [1.165, 1.54) is 17.5 Å². The van der Waals surface area contributed by atoms with E-state index in [1.54, 1.807) is 19.1 Å². The number of fused-ring (bicyclic) bond motifs is 9. The van der Waals surface area contributed by atoms with Crippen LogP contribution >= 0.6 is 0 Å². The Bertz CT molecular complexity index is 1360. The molecule has 2 aromatic carbocycles. The third kappa shape index (κ3) is 6.42. The second-order valence-corrected chi connectivity index (χ2v) is 9.91. The first-order valence-electron chi connectivity index (χ1n) is 13.2. The minimum absolute atomic E-state index is 0.0824. The van der Waals surface area contributed by atoms with Crippen LogP contribution in [0.25, 0.3) is 0 Å². The second kappa shape index (κ2) is 12.2. The lowest BCUT2D eigenvalue weighted by Crippen LogP contribution is -2.57. The van der Waals surface area contributed by atoms with E-state index in [9.17, 15) is 14.4 Å². The third-order valence-electron chi connectivity index (χ3n) is 7.09. The molecule has 0 saturated carbocycles. The zero-order valence-electron chi connectivity index (χ0n) is 22.5. The van der Waals surface area contributed by atoms with E-state index in [0.29, 0.717) is 36.6 Å². The molecule has 3 aliphatic heterocycles. The first kappa shape index (κ1) is 27.2. The van der Waals surface area contributed by atoms with E-state index in [-0.39, 0.29) is 55.6 Å². The number of oxazole rings is 1. The molecule has 3 aliphatic rings. The van der Waals surface area contributed by atoms with Gasteiger partial charge in [0.05, 0.1) is 38.6 Å². The number of carbonyl (C=O) groups is 3. The molecule has 40 heavy (non-hydrogen) atoms. The molecule has 0 unspecified atom stereocenters. The van der Waals surface area contributed by atoms with Crippen molar-refractivity contribution in [2.75, 3.05) is 33.8 Å². The Labute approximate surface area is 232 Å². The molecule has 3 amide bonds. The SMILES string of the molecule is COc1cc2ccc1Oc1cccc(c1)CO[C@H]1CN(C(=O)c3cnco3)CC[C@@H]1NC(=O)CN(C)C(=O)CC2. The molecule has 1 N–H and O–H groups in total. The zero-order valence-corrected chi connectivity index (χ0v) is 22.5. The fourth-order valence-electron chi connectivity index (χ4n) is 4.89. The highest BCUT2D eigenvalue weighted by atomic mass is 16.5. The quantitative estimate of drug-likeness (QED) is 0.519. The van der Waals surface area contributed by atoms with Gasteiger partial charge < -0.3 is 33.7 Å². The average Bonchev–Trinajstić information content (AvgIpc) is 3.50. The summed E-state index contributed by atoms with van der Waals surface area (Å²) in [6, 6.07) is 12.7. The van der Waals surface area contributed by atoms with Crippen LogP contribution in [-0.4, -0.2) is 78.4 Å². The zero-order chi connectivity index (χ0) is 28.1. The number of hydrogen-bond donors (Lipinski definition) is 1. The molecule has 6 rings (SSSR count). The van der Waals surface area contributed by atoms with E-state index < -0.39 is 6.10 Å². The Morgan fingerprint density at radius 1 is 1.12 bits per heavy atom. The lowest BCUT2D eigenvalue weighted by molar-refractivity contribution is -0.135. The number of hydrogen-bond acceptors (Lipinski definition) is 8. The van der Waals surface area contributed by atoms with Crippen molar-refractivity contribution in [1.82, 2.24) is 20.1 Å². The molecule has 0 aliphatic carbocycles. The molecular weight excluding hydrogens is 516 g/mol. The maximum absolute atomic E-state index is 13.0. The summed E-state index contributed by atoms with van der Waals surface area (Å²) in [4.78, 5) is 45.6. The van der Waals surface area contributed by atoms with Crippen LogP contribution < -0.4 is 14.8 Å². The predicted molar refractivity (Wildman–Crippen MR) is 143 cm³/mol. The fourth-order valence-corrected chi connectivity index (χ4v) is 4.89. The number of likely N-dealkylation sites (N-methyl/N-ethyl adjacent to an activating group) is 1. The summed E-state index contributed by atoms with van der Waals surface area (Å²) in [6.45, 7) is 0.800. The standard InChI is InChI=1S/C29H32N4O7/c1-32-16-27(34)31-22-10-11-33(29(36)25-14-30-18-39-25)15-26(22)38-17-20-4-3-5-21(12-20)40-23-8-6-19(7-9-28(32)35)13-24(23)37-2/h3-6,8,12-14,18,22,26H,7,9-11,15-17H2,1-2H3,(H,31,34)/t22-,26-/m0/s1. The first-order chi connectivity index (χ1) is 19.4. The summed E-state index contributed by atoms with van der Waals surface area (Å²) in [5.74, 6) is 1.13. The maximum Gasteiger partial charge on any atom is 0.291 e. The number of aromatic nitrogens is 1. The normalized spacial score (nSPS) is 20.4. The molecule has 4 bridgehead atoms. The van der Waals surface area contributed by atoms with Crippen molar-refractivity contribution in [2.45, 2.75) is 38.0 Å². The summed E-state index contributed by atoms with van der Waals surface area (Å²) in [5, 5.41) is 3.02. The van der Waals surface area contributed by atoms with Crippen molar-refractivity contribution in [3.05, 3.63) is 71.9 Å². The van der Waals surface area contributed by atoms with Gasteiger partial charge in [0.1, 0.15) is 5.75 Å². The van der Waals surface area contributed by atoms with Crippen molar-refractivity contribution in [2.24, 2.45) is 0 Å². The Hall–Kier alpha value is -4.38. The molecule has 11 heteroatoms. The van der Waals surface area contributed by atoms with Gasteiger partial charge in [-0.3, -0.25) is 14.4 Å². The molecule has 4 heterocycles. The van der Waals surface area contributed by atoms with Crippen LogP contribution in [0.2, 0.25) is 0 Å². The molecule has 0 radical (unpaired) electrons. The van der Waals surface area contributed by atoms with E-state index in [0.717, 1.165) is 11.1 Å². The number of amides is 3. The van der Waals surface area contributed by atoms with Crippen LogP contribution in [0.4, 0.5) is 0 Å². The molecule has 210 valence electrons. The largest absolute Gasteiger partial charge is 0.493 e. The van der Waals surface area contributed by atoms with Crippen molar-refractivity contribution in [3.8, 4) is 17.2 Å². The summed E-state index contributed by atoms with van der Waals surface area (Å²) in [6.07, 6.45) is 3.30. The van der Waals surface area contributed by atoms with Gasteiger partial charge in [-0.05, 0) is 48.2 Å². The Morgan fingerprint density at radius 2 is 2.00 bits per heavy atom. The smallest absolute Gasteiger partial charge is 0.291 e. The number of carbonyl (C=O) groups excluding carboxylic acids is 3. The molecule has 1 aromatic heterocycles. The number of nitrogens with one attached hydrogen (secondary N) is 1. The van der Waals surface area contributed by atoms with Crippen molar-refractivity contribution >= 4 is 17.7 Å². The number of ether oxygens (including phenoxy) is 3. The number of benzene rings is 2. The highest BCUT2D eigenvalue weighted by Crippen LogP contribution is 2.33.